The van der Waals surface area contributed by atoms with Crippen LogP contribution in [-0.4, -0.2) is 39.4 Å². The number of carbonyl (C=O) groups excluding carboxylic acids is 2. The van der Waals surface area contributed by atoms with Gasteiger partial charge in [-0.1, -0.05) is 42.0 Å². The van der Waals surface area contributed by atoms with E-state index in [9.17, 15) is 31.2 Å². The van der Waals surface area contributed by atoms with E-state index in [0.29, 0.717) is 17.7 Å². The molecule has 0 bridgehead atoms. The number of benzene rings is 3. The van der Waals surface area contributed by atoms with Crippen LogP contribution in [0.5, 0.6) is 0 Å². The summed E-state index contributed by atoms with van der Waals surface area (Å²) in [5.41, 5.74) is -0.482. The van der Waals surface area contributed by atoms with Crippen LogP contribution in [0.4, 0.5) is 30.2 Å². The van der Waals surface area contributed by atoms with E-state index in [1.165, 1.54) is 4.90 Å². The lowest BCUT2D eigenvalue weighted by Crippen LogP contribution is -2.35. The van der Waals surface area contributed by atoms with Crippen LogP contribution in [0.1, 0.15) is 33.5 Å². The number of hydrogen-bond donors (Lipinski definition) is 0. The van der Waals surface area contributed by atoms with Gasteiger partial charge in [0.05, 0.1) is 6.42 Å². The Morgan fingerprint density at radius 1 is 0.973 bits per heavy atom. The second-order valence-electron chi connectivity index (χ2n) is 8.57. The molecule has 0 unspecified atom stereocenters. The normalized spacial score (nSPS) is 12.9. The molecule has 7 nitrogen and oxygen atoms in total. The first kappa shape index (κ1) is 26.2. The van der Waals surface area contributed by atoms with E-state index in [0.717, 1.165) is 28.1 Å². The molecule has 0 aliphatic carbocycles. The van der Waals surface area contributed by atoms with Gasteiger partial charge < -0.3 is 14.0 Å². The summed E-state index contributed by atoms with van der Waals surface area (Å²) in [6.45, 7) is 1.44. The minimum atomic E-state index is -6.09. The van der Waals surface area contributed by atoms with Crippen molar-refractivity contribution in [2.75, 3.05) is 23.4 Å². The number of nitrogens with zero attached hydrogens (tertiary/aromatic N) is 2. The molecule has 1 aliphatic heterocycles. The maximum Gasteiger partial charge on any atom is 0.534 e. The number of hydrogen-bond acceptors (Lipinski definition) is 6. The Morgan fingerprint density at radius 3 is 2.30 bits per heavy atom. The molecule has 0 spiro atoms. The molecule has 3 aromatic carbocycles. The Bertz CT molecular complexity index is 1450. The van der Waals surface area contributed by atoms with Gasteiger partial charge in [-0.25, -0.2) is 0 Å². The third-order valence-corrected chi connectivity index (χ3v) is 7.05. The minimum absolute atomic E-state index is 0.357. The first-order valence-electron chi connectivity index (χ1n) is 11.2. The number of carbonyl (C=O) groups is 2. The van der Waals surface area contributed by atoms with Crippen molar-refractivity contribution >= 4 is 39.1 Å². The molecule has 0 fully saturated rings. The van der Waals surface area contributed by atoms with Gasteiger partial charge in [0.2, 0.25) is 0 Å². The van der Waals surface area contributed by atoms with Gasteiger partial charge in [-0.15, -0.1) is 0 Å². The van der Waals surface area contributed by atoms with E-state index in [1.807, 2.05) is 49.2 Å². The summed E-state index contributed by atoms with van der Waals surface area (Å²) < 4.78 is 63.9. The molecular formula is C26H23F3N2O5S. The number of rotatable bonds is 6. The van der Waals surface area contributed by atoms with Gasteiger partial charge in [0.25, 0.3) is 5.91 Å². The molecule has 0 saturated carbocycles. The molecule has 1 aliphatic rings. The number of para-hydroxylation sites is 1. The van der Waals surface area contributed by atoms with Crippen LogP contribution in [0.25, 0.3) is 0 Å². The fraction of sp³-hybridized carbons (Fsp3) is 0.231. The van der Waals surface area contributed by atoms with Gasteiger partial charge in [0, 0.05) is 42.6 Å². The van der Waals surface area contributed by atoms with Crippen molar-refractivity contribution in [3.63, 3.8) is 0 Å². The zero-order valence-corrected chi connectivity index (χ0v) is 20.8. The number of aryl methyl sites for hydroxylation is 1. The minimum Gasteiger partial charge on any atom is -0.344 e. The van der Waals surface area contributed by atoms with E-state index in [2.05, 4.69) is 4.18 Å². The standard InChI is InChI=1S/C26H23F3N2O5S/c1-17-10-12-19(13-11-17)31(15-14-24(32)36-37(34,35)26(27,28)29)25(33)20-7-5-9-23-21(20)16-18-6-3-4-8-22(18)30(23)2/h3-13H,14-16H2,1-2H3. The number of fused-ring (bicyclic) bond motifs is 2. The third kappa shape index (κ3) is 5.31. The Kier molecular flexibility index (Phi) is 7.00. The van der Waals surface area contributed by atoms with Crippen LogP contribution in [0.2, 0.25) is 0 Å². The summed E-state index contributed by atoms with van der Waals surface area (Å²) in [5, 5.41) is 0. The summed E-state index contributed by atoms with van der Waals surface area (Å²) in [6, 6.07) is 19.8. The predicted molar refractivity (Wildman–Crippen MR) is 132 cm³/mol. The summed E-state index contributed by atoms with van der Waals surface area (Å²) >= 11 is 0. The molecular weight excluding hydrogens is 509 g/mol. The molecule has 1 amide bonds. The van der Waals surface area contributed by atoms with E-state index in [4.69, 9.17) is 0 Å². The fourth-order valence-corrected chi connectivity index (χ4v) is 4.64. The zero-order chi connectivity index (χ0) is 27.0. The summed E-state index contributed by atoms with van der Waals surface area (Å²) in [7, 11) is -4.20. The van der Waals surface area contributed by atoms with Crippen LogP contribution in [0, 0.1) is 6.92 Å². The number of halogens is 3. The van der Waals surface area contributed by atoms with Crippen LogP contribution in [0.3, 0.4) is 0 Å². The van der Waals surface area contributed by atoms with Crippen LogP contribution < -0.4 is 9.80 Å². The topological polar surface area (TPSA) is 84.0 Å². The molecule has 0 atom stereocenters. The molecule has 0 saturated heterocycles. The van der Waals surface area contributed by atoms with Crippen molar-refractivity contribution in [2.45, 2.75) is 25.3 Å². The number of amides is 1. The Morgan fingerprint density at radius 2 is 1.62 bits per heavy atom. The molecule has 0 aromatic heterocycles. The second kappa shape index (κ2) is 9.89. The first-order valence-corrected chi connectivity index (χ1v) is 12.7. The van der Waals surface area contributed by atoms with E-state index < -0.39 is 40.5 Å². The molecule has 11 heteroatoms. The lowest BCUT2D eigenvalue weighted by atomic mass is 9.91. The van der Waals surface area contributed by atoms with E-state index in [-0.39, 0.29) is 0 Å². The highest BCUT2D eigenvalue weighted by molar-refractivity contribution is 7.88. The largest absolute Gasteiger partial charge is 0.534 e. The quantitative estimate of drug-likeness (QED) is 0.325. The highest BCUT2D eigenvalue weighted by Gasteiger charge is 2.49. The molecule has 3 aromatic rings. The van der Waals surface area contributed by atoms with Gasteiger partial charge in [-0.3, -0.25) is 9.59 Å². The maximum atomic E-state index is 13.8. The van der Waals surface area contributed by atoms with Crippen molar-refractivity contribution in [1.29, 1.82) is 0 Å². The van der Waals surface area contributed by atoms with E-state index >= 15 is 0 Å². The number of alkyl halides is 3. The van der Waals surface area contributed by atoms with Crippen molar-refractivity contribution in [2.24, 2.45) is 0 Å². The second-order valence-corrected chi connectivity index (χ2v) is 10.1. The van der Waals surface area contributed by atoms with E-state index in [1.54, 1.807) is 36.4 Å². The molecule has 194 valence electrons. The number of anilines is 3. The van der Waals surface area contributed by atoms with Gasteiger partial charge in [0.1, 0.15) is 0 Å². The Labute approximate surface area is 212 Å². The summed E-state index contributed by atoms with van der Waals surface area (Å²) in [6.07, 6.45) is -0.294. The monoisotopic (exact) mass is 532 g/mol. The maximum absolute atomic E-state index is 13.8. The van der Waals surface area contributed by atoms with Gasteiger partial charge in [-0.2, -0.15) is 21.6 Å². The van der Waals surface area contributed by atoms with Crippen molar-refractivity contribution in [1.82, 2.24) is 0 Å². The predicted octanol–water partition coefficient (Wildman–Crippen LogP) is 5.10. The average Bonchev–Trinajstić information content (AvgIpc) is 2.84. The van der Waals surface area contributed by atoms with Crippen LogP contribution >= 0.6 is 0 Å². The van der Waals surface area contributed by atoms with Crippen molar-refractivity contribution in [3.05, 3.63) is 89.0 Å². The SMILES string of the molecule is Cc1ccc(N(CCC(=O)OS(=O)(=O)C(F)(F)F)C(=O)c2cccc3c2Cc2ccccc2N3C)cc1. The van der Waals surface area contributed by atoms with Crippen molar-refractivity contribution < 1.29 is 35.4 Å². The highest BCUT2D eigenvalue weighted by Crippen LogP contribution is 2.39. The molecule has 37 heavy (non-hydrogen) atoms. The first-order chi connectivity index (χ1) is 17.4. The Balaban J connectivity index is 1.66. The Hall–Kier alpha value is -3.86. The molecule has 0 N–H and O–H groups in total. The zero-order valence-electron chi connectivity index (χ0n) is 19.9. The summed E-state index contributed by atoms with van der Waals surface area (Å²) in [5.74, 6) is -2.11. The molecule has 4 rings (SSSR count). The molecule has 0 radical (unpaired) electrons. The van der Waals surface area contributed by atoms with Gasteiger partial charge in [-0.05, 0) is 48.4 Å². The van der Waals surface area contributed by atoms with Crippen LogP contribution in [-0.2, 0) is 25.5 Å². The highest BCUT2D eigenvalue weighted by atomic mass is 32.2. The average molecular weight is 533 g/mol. The summed E-state index contributed by atoms with van der Waals surface area (Å²) in [4.78, 5) is 29.1. The van der Waals surface area contributed by atoms with Gasteiger partial charge >= 0.3 is 21.6 Å². The van der Waals surface area contributed by atoms with Gasteiger partial charge in [0.15, 0.2) is 0 Å². The van der Waals surface area contributed by atoms with Crippen molar-refractivity contribution in [3.8, 4) is 0 Å². The molecule has 1 heterocycles. The third-order valence-electron chi connectivity index (χ3n) is 6.08. The lowest BCUT2D eigenvalue weighted by molar-refractivity contribution is -0.136. The lowest BCUT2D eigenvalue weighted by Gasteiger charge is -2.32. The fourth-order valence-electron chi connectivity index (χ4n) is 4.22. The smallest absolute Gasteiger partial charge is 0.344 e. The van der Waals surface area contributed by atoms with Crippen LogP contribution in [0.15, 0.2) is 66.7 Å².